The number of carbonyl (C=O) groups excluding carboxylic acids is 1. The van der Waals surface area contributed by atoms with Crippen LogP contribution in [0, 0.1) is 0 Å². The highest BCUT2D eigenvalue weighted by Gasteiger charge is 2.48. The number of carbonyl (C=O) groups is 1. The van der Waals surface area contributed by atoms with E-state index in [1.165, 1.54) is 22.3 Å². The Morgan fingerprint density at radius 1 is 1.05 bits per heavy atom. The number of benzene rings is 2. The van der Waals surface area contributed by atoms with Crippen molar-refractivity contribution in [1.29, 1.82) is 0 Å². The van der Waals surface area contributed by atoms with Gasteiger partial charge in [-0.25, -0.2) is 0 Å². The molecule has 2 aromatic rings. The van der Waals surface area contributed by atoms with Crippen LogP contribution >= 0.6 is 0 Å². The molecule has 0 radical (unpaired) electrons. The summed E-state index contributed by atoms with van der Waals surface area (Å²) in [5.41, 5.74) is 5.00. The van der Waals surface area contributed by atoms with Gasteiger partial charge in [-0.3, -0.25) is 4.79 Å². The van der Waals surface area contributed by atoms with Crippen LogP contribution in [0.2, 0.25) is 0 Å². The molecule has 2 bridgehead atoms. The quantitative estimate of drug-likeness (QED) is 0.840. The summed E-state index contributed by atoms with van der Waals surface area (Å²) in [6.07, 6.45) is 2.10. The second-order valence-corrected chi connectivity index (χ2v) is 5.85. The van der Waals surface area contributed by atoms with Crippen molar-refractivity contribution in [2.75, 3.05) is 0 Å². The zero-order chi connectivity index (χ0) is 13.7. The van der Waals surface area contributed by atoms with Gasteiger partial charge in [0.1, 0.15) is 0 Å². The summed E-state index contributed by atoms with van der Waals surface area (Å²) in [7, 11) is 0. The largest absolute Gasteiger partial charge is 0.343 e. The van der Waals surface area contributed by atoms with Crippen LogP contribution in [0.3, 0.4) is 0 Å². The minimum atomic E-state index is -0.326. The van der Waals surface area contributed by atoms with Gasteiger partial charge in [-0.1, -0.05) is 48.5 Å². The van der Waals surface area contributed by atoms with Crippen LogP contribution in [-0.4, -0.2) is 5.91 Å². The fraction of sp³-hybridized carbons (Fsp3) is 0.278. The van der Waals surface area contributed by atoms with Crippen molar-refractivity contribution in [3.63, 3.8) is 0 Å². The predicted octanol–water partition coefficient (Wildman–Crippen LogP) is 3.31. The second-order valence-electron chi connectivity index (χ2n) is 5.85. The first-order valence-corrected chi connectivity index (χ1v) is 7.20. The Bertz CT molecular complexity index is 657. The highest BCUT2D eigenvalue weighted by Crippen LogP contribution is 2.54. The Hall–Kier alpha value is -2.09. The average Bonchev–Trinajstić information content (AvgIpc) is 2.48. The minimum Gasteiger partial charge on any atom is -0.343 e. The molecule has 0 unspecified atom stereocenters. The maximum atomic E-state index is 11.8. The first kappa shape index (κ1) is 11.7. The van der Waals surface area contributed by atoms with Crippen LogP contribution in [0.4, 0.5) is 0 Å². The van der Waals surface area contributed by atoms with Gasteiger partial charge in [-0.2, -0.15) is 0 Å². The lowest BCUT2D eigenvalue weighted by molar-refractivity contribution is -0.120. The van der Waals surface area contributed by atoms with Crippen molar-refractivity contribution < 1.29 is 4.79 Å². The summed E-state index contributed by atoms with van der Waals surface area (Å²) in [6, 6.07) is 17.1. The van der Waals surface area contributed by atoms with E-state index in [4.69, 9.17) is 0 Å². The minimum absolute atomic E-state index is 0.0370. The zero-order valence-electron chi connectivity index (χ0n) is 11.5. The summed E-state index contributed by atoms with van der Waals surface area (Å²) in [5, 5.41) is 3.26. The van der Waals surface area contributed by atoms with E-state index in [2.05, 4.69) is 53.8 Å². The van der Waals surface area contributed by atoms with E-state index in [0.29, 0.717) is 5.92 Å². The maximum Gasteiger partial charge on any atom is 0.217 e. The molecule has 2 nitrogen and oxygen atoms in total. The Morgan fingerprint density at radius 2 is 1.60 bits per heavy atom. The number of amides is 1. The van der Waals surface area contributed by atoms with Crippen LogP contribution < -0.4 is 5.32 Å². The van der Waals surface area contributed by atoms with E-state index in [-0.39, 0.29) is 11.4 Å². The molecule has 0 aliphatic heterocycles. The van der Waals surface area contributed by atoms with Crippen molar-refractivity contribution in [3.05, 3.63) is 70.8 Å². The summed E-state index contributed by atoms with van der Waals surface area (Å²) >= 11 is 0. The predicted molar refractivity (Wildman–Crippen MR) is 78.6 cm³/mol. The maximum absolute atomic E-state index is 11.8. The van der Waals surface area contributed by atoms with E-state index in [1.807, 2.05) is 0 Å². The molecule has 0 spiro atoms. The standard InChI is InChI=1S/C18H17NO/c1-12(20)19-18-11-10-13(14-6-2-4-8-16(14)18)15-7-3-5-9-17(15)18/h2-9,13H,10-11H2,1H3,(H,19,20). The van der Waals surface area contributed by atoms with Gasteiger partial charge in [-0.05, 0) is 35.1 Å². The summed E-state index contributed by atoms with van der Waals surface area (Å²) < 4.78 is 0. The Morgan fingerprint density at radius 3 is 2.15 bits per heavy atom. The van der Waals surface area contributed by atoms with Crippen molar-refractivity contribution in [2.24, 2.45) is 0 Å². The lowest BCUT2D eigenvalue weighted by atomic mass is 9.59. The van der Waals surface area contributed by atoms with E-state index < -0.39 is 0 Å². The summed E-state index contributed by atoms with van der Waals surface area (Å²) in [5.74, 6) is 0.521. The molecule has 1 N–H and O–H groups in total. The number of hydrogen-bond acceptors (Lipinski definition) is 1. The fourth-order valence-electron chi connectivity index (χ4n) is 4.13. The first-order chi connectivity index (χ1) is 9.72. The molecule has 2 aromatic carbocycles. The van der Waals surface area contributed by atoms with Gasteiger partial charge < -0.3 is 5.32 Å². The second kappa shape index (κ2) is 3.95. The third-order valence-corrected chi connectivity index (χ3v) is 4.79. The molecule has 3 aliphatic rings. The van der Waals surface area contributed by atoms with Gasteiger partial charge in [0.15, 0.2) is 0 Å². The molecule has 0 atom stereocenters. The Kier molecular flexibility index (Phi) is 2.31. The third-order valence-electron chi connectivity index (χ3n) is 4.79. The van der Waals surface area contributed by atoms with Crippen LogP contribution in [0.1, 0.15) is 47.9 Å². The Balaban J connectivity index is 2.04. The van der Waals surface area contributed by atoms with E-state index in [0.717, 1.165) is 12.8 Å². The molecular formula is C18H17NO. The Labute approximate surface area is 118 Å². The highest BCUT2D eigenvalue weighted by atomic mass is 16.1. The van der Waals surface area contributed by atoms with E-state index >= 15 is 0 Å². The molecule has 0 heterocycles. The van der Waals surface area contributed by atoms with E-state index in [1.54, 1.807) is 6.92 Å². The van der Waals surface area contributed by atoms with Crippen molar-refractivity contribution in [1.82, 2.24) is 5.32 Å². The normalized spacial score (nSPS) is 25.8. The molecule has 3 aliphatic carbocycles. The van der Waals surface area contributed by atoms with Crippen molar-refractivity contribution >= 4 is 5.91 Å². The summed E-state index contributed by atoms with van der Waals surface area (Å²) in [6.45, 7) is 1.61. The number of hydrogen-bond donors (Lipinski definition) is 1. The van der Waals surface area contributed by atoms with Gasteiger partial charge in [0.05, 0.1) is 5.54 Å². The topological polar surface area (TPSA) is 29.1 Å². The fourth-order valence-corrected chi connectivity index (χ4v) is 4.13. The molecule has 0 aromatic heterocycles. The molecule has 0 saturated heterocycles. The summed E-state index contributed by atoms with van der Waals surface area (Å²) in [4.78, 5) is 11.8. The van der Waals surface area contributed by atoms with Gasteiger partial charge in [0.2, 0.25) is 5.91 Å². The van der Waals surface area contributed by atoms with Gasteiger partial charge in [0, 0.05) is 12.8 Å². The first-order valence-electron chi connectivity index (χ1n) is 7.20. The van der Waals surface area contributed by atoms with Crippen LogP contribution in [-0.2, 0) is 10.3 Å². The van der Waals surface area contributed by atoms with E-state index in [9.17, 15) is 4.79 Å². The van der Waals surface area contributed by atoms with Crippen LogP contribution in [0.15, 0.2) is 48.5 Å². The van der Waals surface area contributed by atoms with Gasteiger partial charge >= 0.3 is 0 Å². The lowest BCUT2D eigenvalue weighted by Crippen LogP contribution is -2.52. The molecule has 0 saturated carbocycles. The average molecular weight is 263 g/mol. The van der Waals surface area contributed by atoms with Crippen molar-refractivity contribution in [3.8, 4) is 0 Å². The van der Waals surface area contributed by atoms with Crippen molar-refractivity contribution in [2.45, 2.75) is 31.2 Å². The SMILES string of the molecule is CC(=O)NC12CCC(c3ccccc31)c1ccccc12. The monoisotopic (exact) mass is 263 g/mol. The van der Waals surface area contributed by atoms with Crippen LogP contribution in [0.5, 0.6) is 0 Å². The highest BCUT2D eigenvalue weighted by molar-refractivity contribution is 5.76. The van der Waals surface area contributed by atoms with Gasteiger partial charge in [0.25, 0.3) is 0 Å². The molecule has 1 amide bonds. The molecule has 20 heavy (non-hydrogen) atoms. The zero-order valence-corrected chi connectivity index (χ0v) is 11.5. The molecule has 2 heteroatoms. The molecular weight excluding hydrogens is 246 g/mol. The molecule has 0 fully saturated rings. The lowest BCUT2D eigenvalue weighted by Gasteiger charge is -2.49. The number of nitrogens with one attached hydrogen (secondary N) is 1. The molecule has 100 valence electrons. The third kappa shape index (κ3) is 1.36. The number of rotatable bonds is 1. The number of fused-ring (bicyclic) bond motifs is 1. The smallest absolute Gasteiger partial charge is 0.217 e. The molecule has 5 rings (SSSR count). The van der Waals surface area contributed by atoms with Gasteiger partial charge in [-0.15, -0.1) is 0 Å². The van der Waals surface area contributed by atoms with Crippen LogP contribution in [0.25, 0.3) is 0 Å².